The van der Waals surface area contributed by atoms with Gasteiger partial charge in [-0.3, -0.25) is 4.68 Å². The molecule has 0 unspecified atom stereocenters. The van der Waals surface area contributed by atoms with Crippen LogP contribution >= 0.6 is 0 Å². The van der Waals surface area contributed by atoms with Gasteiger partial charge >= 0.3 is 6.09 Å². The molecule has 1 aliphatic rings. The Morgan fingerprint density at radius 1 is 1.32 bits per heavy atom. The van der Waals surface area contributed by atoms with Gasteiger partial charge in [-0.15, -0.1) is 0 Å². The summed E-state index contributed by atoms with van der Waals surface area (Å²) in [4.78, 5) is 14.3. The van der Waals surface area contributed by atoms with Crippen LogP contribution in [0.1, 0.15) is 59.9 Å². The summed E-state index contributed by atoms with van der Waals surface area (Å²) in [5.74, 6) is 0. The van der Waals surface area contributed by atoms with Gasteiger partial charge < -0.3 is 20.7 Å². The minimum absolute atomic E-state index is 0.134. The van der Waals surface area contributed by atoms with E-state index in [1.165, 1.54) is 0 Å². The average Bonchev–Trinajstić information content (AvgIpc) is 2.83. The van der Waals surface area contributed by atoms with Gasteiger partial charge in [0.25, 0.3) is 0 Å². The van der Waals surface area contributed by atoms with Crippen LogP contribution in [0.4, 0.5) is 16.2 Å². The lowest BCUT2D eigenvalue weighted by Gasteiger charge is -2.29. The molecule has 2 heterocycles. The summed E-state index contributed by atoms with van der Waals surface area (Å²) in [6.07, 6.45) is 4.65. The molecule has 1 fully saturated rings. The van der Waals surface area contributed by atoms with E-state index in [-0.39, 0.29) is 18.2 Å². The standard InChI is InChI=1S/C21H33N5O2/c1-14(2)26-19-11-17(22)18(10-15(19)12-23-26)24-16-8-6-7-9-25(13-16)20(27)28-21(3,4)5/h10-12,14,16,24H,6-9,13,22H2,1-5H3/t16-/m1/s1. The van der Waals surface area contributed by atoms with Gasteiger partial charge in [0, 0.05) is 30.6 Å². The lowest BCUT2D eigenvalue weighted by molar-refractivity contribution is 0.0252. The molecule has 1 aliphatic heterocycles. The van der Waals surface area contributed by atoms with E-state index in [2.05, 4.69) is 30.3 Å². The molecule has 0 spiro atoms. The highest BCUT2D eigenvalue weighted by Crippen LogP contribution is 2.29. The van der Waals surface area contributed by atoms with Crippen LogP contribution in [-0.4, -0.2) is 45.5 Å². The number of carbonyl (C=O) groups excluding carboxylic acids is 1. The second-order valence-electron chi connectivity index (χ2n) is 8.94. The topological polar surface area (TPSA) is 85.4 Å². The Kier molecular flexibility index (Phi) is 5.72. The smallest absolute Gasteiger partial charge is 0.410 e. The van der Waals surface area contributed by atoms with Gasteiger partial charge in [0.15, 0.2) is 0 Å². The van der Waals surface area contributed by atoms with Gasteiger partial charge in [-0.25, -0.2) is 4.79 Å². The number of hydrogen-bond donors (Lipinski definition) is 2. The quantitative estimate of drug-likeness (QED) is 0.763. The molecule has 3 N–H and O–H groups in total. The maximum Gasteiger partial charge on any atom is 0.410 e. The summed E-state index contributed by atoms with van der Waals surface area (Å²) in [6.45, 7) is 11.2. The summed E-state index contributed by atoms with van der Waals surface area (Å²) in [5.41, 5.74) is 8.48. The fraction of sp³-hybridized carbons (Fsp3) is 0.619. The summed E-state index contributed by atoms with van der Waals surface area (Å²) >= 11 is 0. The van der Waals surface area contributed by atoms with E-state index in [9.17, 15) is 4.79 Å². The van der Waals surface area contributed by atoms with E-state index in [1.807, 2.05) is 37.7 Å². The summed E-state index contributed by atoms with van der Waals surface area (Å²) in [5, 5.41) is 9.09. The summed E-state index contributed by atoms with van der Waals surface area (Å²) in [6, 6.07) is 4.45. The fourth-order valence-electron chi connectivity index (χ4n) is 3.62. The van der Waals surface area contributed by atoms with Gasteiger partial charge in [0.2, 0.25) is 0 Å². The number of fused-ring (bicyclic) bond motifs is 1. The molecule has 28 heavy (non-hydrogen) atoms. The second-order valence-corrected chi connectivity index (χ2v) is 8.94. The zero-order chi connectivity index (χ0) is 20.5. The Labute approximate surface area is 167 Å². The highest BCUT2D eigenvalue weighted by Gasteiger charge is 2.26. The van der Waals surface area contributed by atoms with Crippen LogP contribution in [0, 0.1) is 0 Å². The summed E-state index contributed by atoms with van der Waals surface area (Å²) < 4.78 is 7.54. The molecule has 3 rings (SSSR count). The molecule has 1 aromatic carbocycles. The fourth-order valence-corrected chi connectivity index (χ4v) is 3.62. The number of rotatable bonds is 3. The van der Waals surface area contributed by atoms with Crippen molar-refractivity contribution in [3.8, 4) is 0 Å². The van der Waals surface area contributed by atoms with Gasteiger partial charge in [0.05, 0.1) is 23.1 Å². The van der Waals surface area contributed by atoms with E-state index in [0.29, 0.717) is 12.2 Å². The van der Waals surface area contributed by atoms with E-state index in [1.54, 1.807) is 4.90 Å². The first kappa shape index (κ1) is 20.3. The SMILES string of the molecule is CC(C)n1ncc2cc(N[C@@H]3CCCCN(C(=O)OC(C)(C)C)C3)c(N)cc21. The van der Waals surface area contributed by atoms with Crippen LogP contribution in [0.25, 0.3) is 10.9 Å². The third kappa shape index (κ3) is 4.69. The number of likely N-dealkylation sites (tertiary alicyclic amines) is 1. The largest absolute Gasteiger partial charge is 0.444 e. The van der Waals surface area contributed by atoms with Crippen molar-refractivity contribution in [1.29, 1.82) is 0 Å². The van der Waals surface area contributed by atoms with Crippen molar-refractivity contribution in [2.75, 3.05) is 24.1 Å². The Morgan fingerprint density at radius 3 is 2.75 bits per heavy atom. The number of hydrogen-bond acceptors (Lipinski definition) is 5. The van der Waals surface area contributed by atoms with Crippen molar-refractivity contribution in [3.63, 3.8) is 0 Å². The van der Waals surface area contributed by atoms with Crippen molar-refractivity contribution >= 4 is 28.4 Å². The zero-order valence-electron chi connectivity index (χ0n) is 17.7. The first-order valence-electron chi connectivity index (χ1n) is 10.2. The number of nitrogen functional groups attached to an aromatic ring is 1. The number of benzene rings is 1. The molecule has 154 valence electrons. The monoisotopic (exact) mass is 387 g/mol. The van der Waals surface area contributed by atoms with Crippen molar-refractivity contribution < 1.29 is 9.53 Å². The Morgan fingerprint density at radius 2 is 2.07 bits per heavy atom. The van der Waals surface area contributed by atoms with Gasteiger partial charge in [-0.2, -0.15) is 5.10 Å². The van der Waals surface area contributed by atoms with Gasteiger partial charge in [0.1, 0.15) is 5.60 Å². The van der Waals surface area contributed by atoms with Crippen LogP contribution in [0.5, 0.6) is 0 Å². The molecule has 0 saturated carbocycles. The zero-order valence-corrected chi connectivity index (χ0v) is 17.7. The molecule has 1 atom stereocenters. The number of nitrogens with zero attached hydrogens (tertiary/aromatic N) is 3. The molecule has 7 nitrogen and oxygen atoms in total. The number of anilines is 2. The minimum atomic E-state index is -0.488. The Hall–Kier alpha value is -2.44. The maximum absolute atomic E-state index is 12.5. The van der Waals surface area contributed by atoms with Crippen molar-refractivity contribution in [2.45, 2.75) is 71.6 Å². The number of amides is 1. The lowest BCUT2D eigenvalue weighted by atomic mass is 10.1. The molecule has 7 heteroatoms. The number of nitrogens with one attached hydrogen (secondary N) is 1. The third-order valence-electron chi connectivity index (χ3n) is 4.94. The lowest BCUT2D eigenvalue weighted by Crippen LogP contribution is -2.42. The molecule has 0 radical (unpaired) electrons. The van der Waals surface area contributed by atoms with E-state index < -0.39 is 5.60 Å². The average molecular weight is 388 g/mol. The van der Waals surface area contributed by atoms with Gasteiger partial charge in [-0.05, 0) is 66.0 Å². The van der Waals surface area contributed by atoms with E-state index in [4.69, 9.17) is 10.5 Å². The van der Waals surface area contributed by atoms with Crippen molar-refractivity contribution in [3.05, 3.63) is 18.3 Å². The maximum atomic E-state index is 12.5. The Bertz CT molecular complexity index is 837. The summed E-state index contributed by atoms with van der Waals surface area (Å²) in [7, 11) is 0. The van der Waals surface area contributed by atoms with Crippen LogP contribution in [-0.2, 0) is 4.74 Å². The number of aromatic nitrogens is 2. The first-order chi connectivity index (χ1) is 13.1. The predicted octanol–water partition coefficient (Wildman–Crippen LogP) is 4.40. The first-order valence-corrected chi connectivity index (χ1v) is 10.2. The molecular formula is C21H33N5O2. The third-order valence-corrected chi connectivity index (χ3v) is 4.94. The highest BCUT2D eigenvalue weighted by atomic mass is 16.6. The molecule has 1 amide bonds. The number of ether oxygens (including phenoxy) is 1. The van der Waals surface area contributed by atoms with Crippen molar-refractivity contribution in [2.24, 2.45) is 0 Å². The van der Waals surface area contributed by atoms with Crippen LogP contribution in [0.15, 0.2) is 18.3 Å². The molecule has 0 aliphatic carbocycles. The molecule has 1 saturated heterocycles. The van der Waals surface area contributed by atoms with E-state index >= 15 is 0 Å². The predicted molar refractivity (Wildman–Crippen MR) is 114 cm³/mol. The molecule has 2 aromatic rings. The molecule has 1 aromatic heterocycles. The number of nitrogens with two attached hydrogens (primary N) is 1. The molecular weight excluding hydrogens is 354 g/mol. The van der Waals surface area contributed by atoms with Crippen LogP contribution in [0.2, 0.25) is 0 Å². The minimum Gasteiger partial charge on any atom is -0.444 e. The van der Waals surface area contributed by atoms with Crippen molar-refractivity contribution in [1.82, 2.24) is 14.7 Å². The normalized spacial score (nSPS) is 18.4. The Balaban J connectivity index is 1.76. The highest BCUT2D eigenvalue weighted by molar-refractivity contribution is 5.89. The van der Waals surface area contributed by atoms with Crippen LogP contribution < -0.4 is 11.1 Å². The van der Waals surface area contributed by atoms with Gasteiger partial charge in [-0.1, -0.05) is 0 Å². The van der Waals surface area contributed by atoms with Crippen LogP contribution in [0.3, 0.4) is 0 Å². The van der Waals surface area contributed by atoms with E-state index in [0.717, 1.165) is 42.4 Å². The molecule has 0 bridgehead atoms. The second kappa shape index (κ2) is 7.89. The number of carbonyl (C=O) groups is 1.